The molecule has 1 spiro atoms. The molecule has 0 unspecified atom stereocenters. The predicted molar refractivity (Wildman–Crippen MR) is 182 cm³/mol. The molecule has 240 valence electrons. The molecule has 2 aromatic carbocycles. The maximum absolute atomic E-state index is 13.7. The number of rotatable bonds is 8. The number of piperidine rings is 1. The Balaban J connectivity index is 1.42. The molecule has 0 aromatic heterocycles. The van der Waals surface area contributed by atoms with Crippen molar-refractivity contribution in [2.75, 3.05) is 46.8 Å². The number of amides is 1. The maximum atomic E-state index is 13.7. The molecule has 0 radical (unpaired) electrons. The molecule has 0 atom stereocenters. The van der Waals surface area contributed by atoms with Crippen LogP contribution in [0.2, 0.25) is 0 Å². The summed E-state index contributed by atoms with van der Waals surface area (Å²) in [6.45, 7) is 6.83. The van der Waals surface area contributed by atoms with Crippen molar-refractivity contribution in [3.05, 3.63) is 48.0 Å². The van der Waals surface area contributed by atoms with Crippen LogP contribution in [0.3, 0.4) is 0 Å². The molecule has 44 heavy (non-hydrogen) atoms. The molecule has 1 aliphatic heterocycles. The van der Waals surface area contributed by atoms with Crippen molar-refractivity contribution in [2.45, 2.75) is 74.5 Å². The maximum Gasteiger partial charge on any atom is 0.257 e. The van der Waals surface area contributed by atoms with E-state index in [2.05, 4.69) is 30.8 Å². The first kappa shape index (κ1) is 32.7. The van der Waals surface area contributed by atoms with Gasteiger partial charge in [0, 0.05) is 24.3 Å². The molecular formula is C32H44N4O5S3. The quantitative estimate of drug-likeness (QED) is 0.329. The molecule has 5 rings (SSSR count). The molecule has 2 saturated carbocycles. The second kappa shape index (κ2) is 11.3. The molecule has 1 heterocycles. The summed E-state index contributed by atoms with van der Waals surface area (Å²) in [6.07, 6.45) is 11.6. The lowest BCUT2D eigenvalue weighted by molar-refractivity contribution is 0.102. The lowest BCUT2D eigenvalue weighted by Gasteiger charge is -2.35. The Morgan fingerprint density at radius 2 is 1.52 bits per heavy atom. The largest absolute Gasteiger partial charge is 0.371 e. The first-order valence-electron chi connectivity index (χ1n) is 14.9. The summed E-state index contributed by atoms with van der Waals surface area (Å²) in [5, 5.41) is 6.04. The number of sulfonamides is 2. The summed E-state index contributed by atoms with van der Waals surface area (Å²) < 4.78 is 57.1. The normalized spacial score (nSPS) is 19.5. The van der Waals surface area contributed by atoms with Gasteiger partial charge < -0.3 is 10.2 Å². The van der Waals surface area contributed by atoms with Gasteiger partial charge in [-0.2, -0.15) is 10.0 Å². The van der Waals surface area contributed by atoms with Crippen molar-refractivity contribution < 1.29 is 21.6 Å². The highest BCUT2D eigenvalue weighted by Crippen LogP contribution is 2.54. The number of benzene rings is 2. The number of carbonyl (C=O) groups excluding carboxylic acids is 1. The van der Waals surface area contributed by atoms with Gasteiger partial charge in [-0.25, -0.2) is 21.6 Å². The van der Waals surface area contributed by atoms with Crippen molar-refractivity contribution in [3.63, 3.8) is 0 Å². The van der Waals surface area contributed by atoms with Crippen molar-refractivity contribution in [1.82, 2.24) is 4.72 Å². The van der Waals surface area contributed by atoms with Gasteiger partial charge >= 0.3 is 0 Å². The van der Waals surface area contributed by atoms with Gasteiger partial charge in [-0.3, -0.25) is 9.52 Å². The van der Waals surface area contributed by atoms with Crippen LogP contribution < -0.4 is 19.7 Å². The molecule has 2 aliphatic carbocycles. The zero-order chi connectivity index (χ0) is 32.2. The monoisotopic (exact) mass is 660 g/mol. The summed E-state index contributed by atoms with van der Waals surface area (Å²) in [7, 11) is -8.76. The van der Waals surface area contributed by atoms with Crippen molar-refractivity contribution >= 4 is 53.0 Å². The summed E-state index contributed by atoms with van der Waals surface area (Å²) >= 11 is 0. The van der Waals surface area contributed by atoms with E-state index in [4.69, 9.17) is 0 Å². The van der Waals surface area contributed by atoms with Crippen molar-refractivity contribution in [3.8, 4) is 11.2 Å². The molecule has 0 bridgehead atoms. The molecule has 3 N–H and O–H groups in total. The molecule has 3 aliphatic rings. The van der Waals surface area contributed by atoms with Crippen LogP contribution in [0, 0.1) is 16.6 Å². The van der Waals surface area contributed by atoms with E-state index in [0.29, 0.717) is 40.9 Å². The van der Waals surface area contributed by atoms with E-state index in [9.17, 15) is 21.6 Å². The third-order valence-electron chi connectivity index (χ3n) is 8.26. The fourth-order valence-electron chi connectivity index (χ4n) is 5.42. The highest BCUT2D eigenvalue weighted by molar-refractivity contribution is 8.36. The van der Waals surface area contributed by atoms with Gasteiger partial charge in [-0.05, 0) is 120 Å². The van der Waals surface area contributed by atoms with E-state index in [0.717, 1.165) is 25.9 Å². The van der Waals surface area contributed by atoms with Crippen LogP contribution in [0.1, 0.15) is 69.7 Å². The summed E-state index contributed by atoms with van der Waals surface area (Å²) in [6, 6.07) is 11.1. The smallest absolute Gasteiger partial charge is 0.257 e. The first-order valence-corrected chi connectivity index (χ1v) is 20.7. The van der Waals surface area contributed by atoms with E-state index in [-0.39, 0.29) is 4.90 Å². The van der Waals surface area contributed by atoms with Crippen LogP contribution in [0.15, 0.2) is 47.4 Å². The number of hydrogen-bond acceptors (Lipinski definition) is 6. The van der Waals surface area contributed by atoms with Gasteiger partial charge in [0.15, 0.2) is 4.75 Å². The van der Waals surface area contributed by atoms with E-state index >= 15 is 0 Å². The summed E-state index contributed by atoms with van der Waals surface area (Å²) in [5.74, 6) is 2.66. The average molecular weight is 661 g/mol. The lowest BCUT2D eigenvalue weighted by atomic mass is 9.93. The standard InChI is InChI=1S/C32H44N4O5S3/c1-30(2,3)35-43(38,39)26-9-7-8-24(22-26)33-29(37)27-11-10-25(23-28(27)36-19-16-31(12-13-31)17-20-36)34-44(40,41)32(14-15-32)18-21-42(4,5)6/h7-11,22-23,34-35H,12-17,19-20H2,1-6H3,(H,33,37). The number of hydrogen-bond donors (Lipinski definition) is 3. The SMILES string of the molecule is CC(C)(C)NS(=O)(=O)c1cccc(NC(=O)c2ccc(NS(=O)(=O)C3(C#CS(C)(C)C)CC3)cc2N2CCC3(CC2)CC3)c1. The highest BCUT2D eigenvalue weighted by Gasteiger charge is 2.54. The van der Waals surface area contributed by atoms with Crippen molar-refractivity contribution in [1.29, 1.82) is 0 Å². The Labute approximate surface area is 264 Å². The second-order valence-electron chi connectivity index (χ2n) is 14.2. The fraction of sp³-hybridized carbons (Fsp3) is 0.531. The number of anilines is 3. The Bertz CT molecular complexity index is 1730. The Morgan fingerprint density at radius 1 is 0.864 bits per heavy atom. The van der Waals surface area contributed by atoms with Crippen LogP contribution >= 0.6 is 10.0 Å². The second-order valence-corrected chi connectivity index (χ2v) is 21.8. The summed E-state index contributed by atoms with van der Waals surface area (Å²) in [4.78, 5) is 15.9. The minimum atomic E-state index is -3.80. The number of nitrogens with zero attached hydrogens (tertiary/aromatic N) is 1. The topological polar surface area (TPSA) is 125 Å². The molecule has 1 amide bonds. The van der Waals surface area contributed by atoms with Gasteiger partial charge in [0.05, 0.1) is 21.8 Å². The van der Waals surface area contributed by atoms with Crippen molar-refractivity contribution in [2.24, 2.45) is 5.41 Å². The van der Waals surface area contributed by atoms with Gasteiger partial charge in [0.1, 0.15) is 0 Å². The Hall–Kier alpha value is -2.72. The van der Waals surface area contributed by atoms with Gasteiger partial charge in [0.2, 0.25) is 20.0 Å². The zero-order valence-electron chi connectivity index (χ0n) is 26.4. The average Bonchev–Trinajstić information content (AvgIpc) is 3.84. The third-order valence-corrected chi connectivity index (χ3v) is 12.8. The summed E-state index contributed by atoms with van der Waals surface area (Å²) in [5.41, 5.74) is 1.51. The molecule has 9 nitrogen and oxygen atoms in total. The fourth-order valence-corrected chi connectivity index (χ4v) is 8.91. The van der Waals surface area contributed by atoms with Gasteiger partial charge in [-0.1, -0.05) is 17.2 Å². The van der Waals surface area contributed by atoms with E-state index < -0.39 is 46.3 Å². The van der Waals surface area contributed by atoms with Crippen LogP contribution in [-0.4, -0.2) is 64.9 Å². The van der Waals surface area contributed by atoms with E-state index in [1.165, 1.54) is 25.0 Å². The molecule has 12 heteroatoms. The highest BCUT2D eigenvalue weighted by atomic mass is 32.3. The minimum absolute atomic E-state index is 0.0473. The number of nitrogens with one attached hydrogen (secondary N) is 3. The van der Waals surface area contributed by atoms with Crippen LogP contribution in [0.4, 0.5) is 17.1 Å². The molecule has 3 fully saturated rings. The lowest BCUT2D eigenvalue weighted by Crippen LogP contribution is -2.40. The zero-order valence-corrected chi connectivity index (χ0v) is 28.9. The first-order chi connectivity index (χ1) is 20.3. The minimum Gasteiger partial charge on any atom is -0.371 e. The predicted octanol–water partition coefficient (Wildman–Crippen LogP) is 5.33. The van der Waals surface area contributed by atoms with Crippen LogP contribution in [0.25, 0.3) is 0 Å². The van der Waals surface area contributed by atoms with Gasteiger partial charge in [0.25, 0.3) is 5.91 Å². The Kier molecular flexibility index (Phi) is 8.36. The van der Waals surface area contributed by atoms with Gasteiger partial charge in [-0.15, -0.1) is 0 Å². The van der Waals surface area contributed by atoms with E-state index in [1.54, 1.807) is 51.1 Å². The van der Waals surface area contributed by atoms with Crippen LogP contribution in [0.5, 0.6) is 0 Å². The number of carbonyl (C=O) groups is 1. The van der Waals surface area contributed by atoms with Crippen LogP contribution in [-0.2, 0) is 20.0 Å². The Morgan fingerprint density at radius 3 is 2.09 bits per heavy atom. The molecule has 1 saturated heterocycles. The van der Waals surface area contributed by atoms with E-state index in [1.807, 2.05) is 18.8 Å². The third kappa shape index (κ3) is 7.56. The molecular weight excluding hydrogens is 617 g/mol. The molecule has 2 aromatic rings.